The number of likely N-dealkylation sites (tertiary alicyclic amines) is 1. The number of benzene rings is 1. The van der Waals surface area contributed by atoms with Gasteiger partial charge in [-0.05, 0) is 55.5 Å². The second-order valence-electron chi connectivity index (χ2n) is 8.70. The van der Waals surface area contributed by atoms with Crippen LogP contribution >= 0.6 is 11.8 Å². The van der Waals surface area contributed by atoms with Crippen molar-refractivity contribution in [3.63, 3.8) is 0 Å². The number of carbonyl (C=O) groups excluding carboxylic acids is 2. The molecule has 0 spiro atoms. The van der Waals surface area contributed by atoms with Crippen LogP contribution < -0.4 is 5.32 Å². The number of carboxylic acid groups (broad SMARTS) is 1. The third-order valence-electron chi connectivity index (χ3n) is 6.23. The summed E-state index contributed by atoms with van der Waals surface area (Å²) in [6.07, 6.45) is -1.09. The van der Waals surface area contributed by atoms with Gasteiger partial charge in [-0.1, -0.05) is 12.1 Å². The van der Waals surface area contributed by atoms with Gasteiger partial charge in [0, 0.05) is 35.0 Å². The Balaban J connectivity index is 1.34. The molecule has 1 saturated carbocycles. The lowest BCUT2D eigenvalue weighted by Gasteiger charge is -2.31. The van der Waals surface area contributed by atoms with Crippen LogP contribution in [-0.2, 0) is 22.3 Å². The topological polar surface area (TPSA) is 99.6 Å². The minimum absolute atomic E-state index is 0.00729. The Bertz CT molecular complexity index is 1100. The number of carbonyl (C=O) groups is 3. The molecule has 2 aliphatic rings. The van der Waals surface area contributed by atoms with Crippen molar-refractivity contribution in [2.75, 3.05) is 6.54 Å². The number of hydrogen-bond acceptors (Lipinski definition) is 5. The first-order valence-corrected chi connectivity index (χ1v) is 12.1. The lowest BCUT2D eigenvalue weighted by Crippen LogP contribution is -2.45. The number of alkyl halides is 3. The van der Waals surface area contributed by atoms with Gasteiger partial charge >= 0.3 is 12.1 Å². The fraction of sp³-hybridized carbons (Fsp3) is 0.417. The summed E-state index contributed by atoms with van der Waals surface area (Å²) in [5.41, 5.74) is -0.122. The number of pyridine rings is 1. The van der Waals surface area contributed by atoms with Crippen LogP contribution in [-0.4, -0.2) is 50.6 Å². The zero-order chi connectivity index (χ0) is 25.2. The van der Waals surface area contributed by atoms with Crippen LogP contribution in [0.25, 0.3) is 0 Å². The van der Waals surface area contributed by atoms with Crippen LogP contribution in [0.2, 0.25) is 0 Å². The molecular formula is C24H24F3N3O4S. The summed E-state index contributed by atoms with van der Waals surface area (Å²) < 4.78 is 38.0. The Morgan fingerprint density at radius 2 is 1.94 bits per heavy atom. The van der Waals surface area contributed by atoms with Crippen molar-refractivity contribution in [3.05, 3.63) is 59.4 Å². The number of thioether (sulfide) groups is 1. The van der Waals surface area contributed by atoms with E-state index >= 15 is 0 Å². The van der Waals surface area contributed by atoms with Crippen LogP contribution in [0.1, 0.15) is 47.3 Å². The SMILES string of the molecule is O=C(O)C1CC(Sc2cccc(C(=O)N3CCCC3C(=O)NCc3ccc(C(F)(F)F)nc3)c2)C1. The maximum Gasteiger partial charge on any atom is 0.433 e. The number of aliphatic carboxylic acids is 1. The number of hydrogen-bond donors (Lipinski definition) is 2. The first kappa shape index (κ1) is 25.0. The number of carboxylic acids is 1. The third-order valence-corrected chi connectivity index (χ3v) is 7.47. The van der Waals surface area contributed by atoms with E-state index in [9.17, 15) is 27.6 Å². The van der Waals surface area contributed by atoms with E-state index in [0.717, 1.165) is 17.2 Å². The van der Waals surface area contributed by atoms with Crippen molar-refractivity contribution >= 4 is 29.5 Å². The Morgan fingerprint density at radius 3 is 2.60 bits per heavy atom. The normalized spacial score (nSPS) is 21.9. The Kier molecular flexibility index (Phi) is 7.34. The molecule has 4 rings (SSSR count). The summed E-state index contributed by atoms with van der Waals surface area (Å²) in [4.78, 5) is 42.7. The molecule has 35 heavy (non-hydrogen) atoms. The molecule has 0 radical (unpaired) electrons. The van der Waals surface area contributed by atoms with Gasteiger partial charge in [-0.25, -0.2) is 0 Å². The molecule has 1 atom stereocenters. The monoisotopic (exact) mass is 507 g/mol. The standard InChI is InChI=1S/C24H24F3N3O4S/c25-24(26,27)20-7-6-14(12-28-20)13-29-21(31)19-5-2-8-30(19)22(32)15-3-1-4-17(9-15)35-18-10-16(11-18)23(33)34/h1,3-4,6-7,9,12,16,18-19H,2,5,8,10-11,13H2,(H,29,31)(H,33,34). The lowest BCUT2D eigenvalue weighted by atomic mass is 9.85. The van der Waals surface area contributed by atoms with Crippen molar-refractivity contribution in [3.8, 4) is 0 Å². The van der Waals surface area contributed by atoms with Crippen molar-refractivity contribution < 1.29 is 32.7 Å². The van der Waals surface area contributed by atoms with Gasteiger partial charge in [-0.15, -0.1) is 11.8 Å². The minimum atomic E-state index is -4.53. The number of amides is 2. The minimum Gasteiger partial charge on any atom is -0.481 e. The molecule has 0 bridgehead atoms. The predicted molar refractivity (Wildman–Crippen MR) is 122 cm³/mol. The van der Waals surface area contributed by atoms with Crippen molar-refractivity contribution in [1.82, 2.24) is 15.2 Å². The average Bonchev–Trinajstić information content (AvgIpc) is 3.29. The molecule has 1 saturated heterocycles. The highest BCUT2D eigenvalue weighted by atomic mass is 32.2. The van der Waals surface area contributed by atoms with Gasteiger partial charge in [0.05, 0.1) is 5.92 Å². The van der Waals surface area contributed by atoms with E-state index in [1.165, 1.54) is 11.0 Å². The Labute approximate surface area is 204 Å². The number of nitrogens with one attached hydrogen (secondary N) is 1. The average molecular weight is 508 g/mol. The lowest BCUT2D eigenvalue weighted by molar-refractivity contribution is -0.144. The van der Waals surface area contributed by atoms with Crippen LogP contribution in [0, 0.1) is 5.92 Å². The van der Waals surface area contributed by atoms with E-state index < -0.39 is 23.9 Å². The molecule has 2 aromatic rings. The molecule has 1 unspecified atom stereocenters. The Morgan fingerprint density at radius 1 is 1.17 bits per heavy atom. The molecule has 2 fully saturated rings. The maximum absolute atomic E-state index is 13.2. The third kappa shape index (κ3) is 5.95. The second kappa shape index (κ2) is 10.3. The number of rotatable bonds is 7. The summed E-state index contributed by atoms with van der Waals surface area (Å²) >= 11 is 1.55. The zero-order valence-corrected chi connectivity index (χ0v) is 19.4. The number of halogens is 3. The van der Waals surface area contributed by atoms with Crippen LogP contribution in [0.4, 0.5) is 13.2 Å². The molecule has 2 N–H and O–H groups in total. The molecule has 1 aromatic heterocycles. The van der Waals surface area contributed by atoms with E-state index in [-0.39, 0.29) is 29.5 Å². The van der Waals surface area contributed by atoms with E-state index in [4.69, 9.17) is 5.11 Å². The molecule has 11 heteroatoms. The highest BCUT2D eigenvalue weighted by Gasteiger charge is 2.36. The second-order valence-corrected chi connectivity index (χ2v) is 10.1. The molecule has 1 aromatic carbocycles. The Hall–Kier alpha value is -3.08. The fourth-order valence-corrected chi connectivity index (χ4v) is 5.60. The van der Waals surface area contributed by atoms with Gasteiger partial charge < -0.3 is 15.3 Å². The summed E-state index contributed by atoms with van der Waals surface area (Å²) in [7, 11) is 0. The van der Waals surface area contributed by atoms with Gasteiger partial charge in [0.1, 0.15) is 11.7 Å². The highest BCUT2D eigenvalue weighted by molar-refractivity contribution is 8.00. The quantitative estimate of drug-likeness (QED) is 0.588. The molecule has 186 valence electrons. The van der Waals surface area contributed by atoms with Gasteiger partial charge in [0.25, 0.3) is 5.91 Å². The molecule has 7 nitrogen and oxygen atoms in total. The van der Waals surface area contributed by atoms with E-state index in [2.05, 4.69) is 10.3 Å². The summed E-state index contributed by atoms with van der Waals surface area (Å²) in [6.45, 7) is 0.437. The highest BCUT2D eigenvalue weighted by Crippen LogP contribution is 2.41. The first-order valence-electron chi connectivity index (χ1n) is 11.2. The predicted octanol–water partition coefficient (Wildman–Crippen LogP) is 3.98. The molecule has 1 aliphatic carbocycles. The van der Waals surface area contributed by atoms with Crippen LogP contribution in [0.3, 0.4) is 0 Å². The zero-order valence-electron chi connectivity index (χ0n) is 18.6. The van der Waals surface area contributed by atoms with Crippen LogP contribution in [0.15, 0.2) is 47.5 Å². The molecule has 1 aliphatic heterocycles. The maximum atomic E-state index is 13.2. The molecule has 2 heterocycles. The molecular weight excluding hydrogens is 483 g/mol. The summed E-state index contributed by atoms with van der Waals surface area (Å²) in [5.74, 6) is -1.72. The fourth-order valence-electron chi connectivity index (χ4n) is 4.21. The largest absolute Gasteiger partial charge is 0.481 e. The number of aromatic nitrogens is 1. The van der Waals surface area contributed by atoms with Gasteiger partial charge in [0.2, 0.25) is 5.91 Å². The first-order chi connectivity index (χ1) is 16.6. The van der Waals surface area contributed by atoms with E-state index in [0.29, 0.717) is 43.4 Å². The van der Waals surface area contributed by atoms with Gasteiger partial charge in [-0.3, -0.25) is 19.4 Å². The molecule has 2 amide bonds. The van der Waals surface area contributed by atoms with Crippen LogP contribution in [0.5, 0.6) is 0 Å². The van der Waals surface area contributed by atoms with E-state index in [1.807, 2.05) is 6.07 Å². The van der Waals surface area contributed by atoms with E-state index in [1.54, 1.807) is 30.0 Å². The van der Waals surface area contributed by atoms with Crippen molar-refractivity contribution in [2.24, 2.45) is 5.92 Å². The van der Waals surface area contributed by atoms with Crippen molar-refractivity contribution in [2.45, 2.75) is 54.6 Å². The summed E-state index contributed by atoms with van der Waals surface area (Å²) in [5, 5.41) is 11.9. The summed E-state index contributed by atoms with van der Waals surface area (Å²) in [6, 6.07) is 8.56. The van der Waals surface area contributed by atoms with Gasteiger partial charge in [-0.2, -0.15) is 13.2 Å². The smallest absolute Gasteiger partial charge is 0.433 e. The number of nitrogens with zero attached hydrogens (tertiary/aromatic N) is 2. The van der Waals surface area contributed by atoms with Gasteiger partial charge in [0.15, 0.2) is 0 Å². The van der Waals surface area contributed by atoms with Crippen molar-refractivity contribution in [1.29, 1.82) is 0 Å².